The number of rotatable bonds is 5. The van der Waals surface area contributed by atoms with E-state index in [9.17, 15) is 5.11 Å². The fourth-order valence-electron chi connectivity index (χ4n) is 1.34. The van der Waals surface area contributed by atoms with Crippen molar-refractivity contribution in [3.8, 4) is 0 Å². The van der Waals surface area contributed by atoms with E-state index in [0.29, 0.717) is 0 Å². The smallest absolute Gasteiger partial charge is 0.0650 e. The van der Waals surface area contributed by atoms with Crippen LogP contribution < -0.4 is 0 Å². The van der Waals surface area contributed by atoms with Crippen molar-refractivity contribution in [2.75, 3.05) is 7.11 Å². The van der Waals surface area contributed by atoms with Crippen molar-refractivity contribution in [1.29, 1.82) is 0 Å². The Hall–Kier alpha value is -0.0800. The first kappa shape index (κ1) is 10.0. The third-order valence-corrected chi connectivity index (χ3v) is 2.80. The third-order valence-electron chi connectivity index (χ3n) is 2.80. The topological polar surface area (TPSA) is 29.5 Å². The lowest BCUT2D eigenvalue weighted by atomic mass is 9.99. The molecule has 0 bridgehead atoms. The van der Waals surface area contributed by atoms with Crippen LogP contribution in [0.4, 0.5) is 0 Å². The van der Waals surface area contributed by atoms with E-state index in [1.807, 2.05) is 0 Å². The van der Waals surface area contributed by atoms with Crippen molar-refractivity contribution < 1.29 is 9.84 Å². The van der Waals surface area contributed by atoms with Gasteiger partial charge in [-0.25, -0.2) is 0 Å². The first-order valence-corrected chi connectivity index (χ1v) is 4.75. The van der Waals surface area contributed by atoms with Gasteiger partial charge in [-0.3, -0.25) is 0 Å². The van der Waals surface area contributed by atoms with E-state index >= 15 is 0 Å². The summed E-state index contributed by atoms with van der Waals surface area (Å²) in [7, 11) is 1.74. The molecule has 1 saturated carbocycles. The summed E-state index contributed by atoms with van der Waals surface area (Å²) in [6.07, 6.45) is 5.05. The van der Waals surface area contributed by atoms with Crippen LogP contribution in [0, 0.1) is 0 Å². The fourth-order valence-corrected chi connectivity index (χ4v) is 1.34. The van der Waals surface area contributed by atoms with Crippen LogP contribution >= 0.6 is 0 Å². The molecule has 0 heterocycles. The van der Waals surface area contributed by atoms with Gasteiger partial charge in [-0.05, 0) is 46.0 Å². The quantitative estimate of drug-likeness (QED) is 0.688. The SMILES string of the molecule is COC(C)(C)CCCC1(O)CC1. The summed E-state index contributed by atoms with van der Waals surface area (Å²) in [4.78, 5) is 0. The highest BCUT2D eigenvalue weighted by Gasteiger charge is 2.39. The Morgan fingerprint density at radius 2 is 2.00 bits per heavy atom. The second-order valence-corrected chi connectivity index (χ2v) is 4.54. The molecule has 2 nitrogen and oxygen atoms in total. The lowest BCUT2D eigenvalue weighted by Crippen LogP contribution is -2.22. The molecule has 0 saturated heterocycles. The predicted molar refractivity (Wildman–Crippen MR) is 49.1 cm³/mol. The maximum atomic E-state index is 9.56. The molecule has 0 aromatic rings. The lowest BCUT2D eigenvalue weighted by molar-refractivity contribution is 0.00967. The maximum Gasteiger partial charge on any atom is 0.0650 e. The molecule has 0 atom stereocenters. The summed E-state index contributed by atoms with van der Waals surface area (Å²) in [6, 6.07) is 0. The minimum Gasteiger partial charge on any atom is -0.390 e. The number of methoxy groups -OCH3 is 1. The Labute approximate surface area is 74.9 Å². The van der Waals surface area contributed by atoms with E-state index in [4.69, 9.17) is 4.74 Å². The molecule has 0 amide bonds. The summed E-state index contributed by atoms with van der Waals surface area (Å²) >= 11 is 0. The van der Waals surface area contributed by atoms with Gasteiger partial charge in [0.05, 0.1) is 11.2 Å². The van der Waals surface area contributed by atoms with Gasteiger partial charge in [0.2, 0.25) is 0 Å². The molecule has 12 heavy (non-hydrogen) atoms. The molecule has 0 aromatic carbocycles. The van der Waals surface area contributed by atoms with Gasteiger partial charge in [0.1, 0.15) is 0 Å². The van der Waals surface area contributed by atoms with Crippen LogP contribution in [0.1, 0.15) is 46.0 Å². The zero-order valence-corrected chi connectivity index (χ0v) is 8.39. The van der Waals surface area contributed by atoms with E-state index in [1.165, 1.54) is 0 Å². The number of aliphatic hydroxyl groups is 1. The Morgan fingerprint density at radius 1 is 1.42 bits per heavy atom. The third kappa shape index (κ3) is 3.11. The van der Waals surface area contributed by atoms with Crippen LogP contribution in [0.15, 0.2) is 0 Å². The average Bonchev–Trinajstić information content (AvgIpc) is 2.68. The van der Waals surface area contributed by atoms with Gasteiger partial charge >= 0.3 is 0 Å². The van der Waals surface area contributed by atoms with Gasteiger partial charge in [-0.15, -0.1) is 0 Å². The standard InChI is InChI=1S/C10H20O2/c1-9(2,12-3)5-4-6-10(11)7-8-10/h11H,4-8H2,1-3H3. The first-order valence-electron chi connectivity index (χ1n) is 4.75. The average molecular weight is 172 g/mol. The van der Waals surface area contributed by atoms with Crippen molar-refractivity contribution in [3.05, 3.63) is 0 Å². The monoisotopic (exact) mass is 172 g/mol. The molecule has 0 spiro atoms. The van der Waals surface area contributed by atoms with Gasteiger partial charge in [0.15, 0.2) is 0 Å². The second kappa shape index (κ2) is 3.35. The van der Waals surface area contributed by atoms with Crippen LogP contribution in [0.5, 0.6) is 0 Å². The zero-order valence-electron chi connectivity index (χ0n) is 8.39. The van der Waals surface area contributed by atoms with Crippen molar-refractivity contribution >= 4 is 0 Å². The molecule has 1 fully saturated rings. The van der Waals surface area contributed by atoms with Crippen LogP contribution in [0.2, 0.25) is 0 Å². The molecule has 72 valence electrons. The minimum absolute atomic E-state index is 0.0226. The van der Waals surface area contributed by atoms with Crippen molar-refractivity contribution in [2.45, 2.75) is 57.2 Å². The van der Waals surface area contributed by atoms with Crippen molar-refractivity contribution in [1.82, 2.24) is 0 Å². The van der Waals surface area contributed by atoms with Gasteiger partial charge in [-0.1, -0.05) is 0 Å². The molecule has 0 radical (unpaired) electrons. The van der Waals surface area contributed by atoms with Gasteiger partial charge < -0.3 is 9.84 Å². The highest BCUT2D eigenvalue weighted by atomic mass is 16.5. The van der Waals surface area contributed by atoms with E-state index in [2.05, 4.69) is 13.8 Å². The largest absolute Gasteiger partial charge is 0.390 e. The highest BCUT2D eigenvalue weighted by molar-refractivity contribution is 4.93. The number of ether oxygens (including phenoxy) is 1. The molecular weight excluding hydrogens is 152 g/mol. The van der Waals surface area contributed by atoms with E-state index in [1.54, 1.807) is 7.11 Å². The highest BCUT2D eigenvalue weighted by Crippen LogP contribution is 2.40. The molecule has 0 aromatic heterocycles. The Morgan fingerprint density at radius 3 is 2.42 bits per heavy atom. The summed E-state index contributed by atoms with van der Waals surface area (Å²) in [5.41, 5.74) is -0.310. The van der Waals surface area contributed by atoms with Crippen LogP contribution in [-0.4, -0.2) is 23.4 Å². The molecule has 1 rings (SSSR count). The molecule has 1 N–H and O–H groups in total. The Balaban J connectivity index is 2.09. The van der Waals surface area contributed by atoms with E-state index in [-0.39, 0.29) is 11.2 Å². The summed E-state index contributed by atoms with van der Waals surface area (Å²) in [5, 5.41) is 9.56. The number of hydrogen-bond donors (Lipinski definition) is 1. The Kier molecular flexibility index (Phi) is 2.79. The molecular formula is C10H20O2. The van der Waals surface area contributed by atoms with Gasteiger partial charge in [0, 0.05) is 7.11 Å². The van der Waals surface area contributed by atoms with Crippen molar-refractivity contribution in [2.24, 2.45) is 0 Å². The van der Waals surface area contributed by atoms with Crippen LogP contribution in [0.3, 0.4) is 0 Å². The summed E-state index contributed by atoms with van der Waals surface area (Å²) in [5.74, 6) is 0. The van der Waals surface area contributed by atoms with Crippen LogP contribution in [-0.2, 0) is 4.74 Å². The first-order chi connectivity index (χ1) is 5.47. The lowest BCUT2D eigenvalue weighted by Gasteiger charge is -2.23. The maximum absolute atomic E-state index is 9.56. The molecule has 0 aliphatic heterocycles. The molecule has 1 aliphatic rings. The summed E-state index contributed by atoms with van der Waals surface area (Å²) in [6.45, 7) is 4.17. The number of hydrogen-bond acceptors (Lipinski definition) is 2. The normalized spacial score (nSPS) is 21.0. The van der Waals surface area contributed by atoms with Crippen LogP contribution in [0.25, 0.3) is 0 Å². The van der Waals surface area contributed by atoms with Crippen molar-refractivity contribution in [3.63, 3.8) is 0 Å². The second-order valence-electron chi connectivity index (χ2n) is 4.54. The van der Waals surface area contributed by atoms with E-state index in [0.717, 1.165) is 32.1 Å². The van der Waals surface area contributed by atoms with Gasteiger partial charge in [-0.2, -0.15) is 0 Å². The molecule has 1 aliphatic carbocycles. The molecule has 0 unspecified atom stereocenters. The fraction of sp³-hybridized carbons (Fsp3) is 1.00. The molecule has 2 heteroatoms. The minimum atomic E-state index is -0.288. The van der Waals surface area contributed by atoms with Gasteiger partial charge in [0.25, 0.3) is 0 Å². The summed E-state index contributed by atoms with van der Waals surface area (Å²) < 4.78 is 5.29. The van der Waals surface area contributed by atoms with E-state index < -0.39 is 0 Å². The Bertz CT molecular complexity index is 148. The zero-order chi connectivity index (χ0) is 9.24. The predicted octanol–water partition coefficient (Wildman–Crippen LogP) is 2.11.